The summed E-state index contributed by atoms with van der Waals surface area (Å²) < 4.78 is 1.80. The Labute approximate surface area is 145 Å². The van der Waals surface area contributed by atoms with E-state index in [9.17, 15) is 4.79 Å². The molecule has 1 unspecified atom stereocenters. The number of carbonyl (C=O) groups is 1. The molecule has 0 aliphatic carbocycles. The third-order valence-corrected chi connectivity index (χ3v) is 4.52. The predicted molar refractivity (Wildman–Crippen MR) is 93.4 cm³/mol. The van der Waals surface area contributed by atoms with E-state index in [1.54, 1.807) is 10.9 Å². The van der Waals surface area contributed by atoms with Gasteiger partial charge in [0.05, 0.1) is 11.7 Å². The van der Waals surface area contributed by atoms with Crippen molar-refractivity contribution in [2.75, 3.05) is 6.54 Å². The molecule has 4 rings (SSSR count). The number of aromatic amines is 1. The lowest BCUT2D eigenvalue weighted by molar-refractivity contribution is 0.0933. The summed E-state index contributed by atoms with van der Waals surface area (Å²) in [5.41, 5.74) is 4.45. The summed E-state index contributed by atoms with van der Waals surface area (Å²) in [4.78, 5) is 12.7. The normalized spacial score (nSPS) is 14.8. The molecule has 0 spiro atoms. The minimum Gasteiger partial charge on any atom is -0.344 e. The third-order valence-electron chi connectivity index (χ3n) is 4.52. The highest BCUT2D eigenvalue weighted by Gasteiger charge is 2.23. The molecule has 0 fully saturated rings. The van der Waals surface area contributed by atoms with Crippen molar-refractivity contribution in [2.24, 2.45) is 0 Å². The molecule has 3 aromatic rings. The SMILES string of the molecule is CC(NC(=O)c1n[nH]c2c1CNCC2)c1ccccc1-n1cccn1. The molecule has 1 amide bonds. The molecule has 1 aromatic carbocycles. The molecule has 1 aliphatic heterocycles. The molecule has 1 aliphatic rings. The van der Waals surface area contributed by atoms with Crippen LogP contribution in [0.15, 0.2) is 42.7 Å². The van der Waals surface area contributed by atoms with Gasteiger partial charge in [0.15, 0.2) is 5.69 Å². The van der Waals surface area contributed by atoms with E-state index in [2.05, 4.69) is 25.9 Å². The van der Waals surface area contributed by atoms with Crippen LogP contribution in [0.4, 0.5) is 0 Å². The van der Waals surface area contributed by atoms with E-state index in [1.807, 2.05) is 43.5 Å². The van der Waals surface area contributed by atoms with Crippen LogP contribution in [-0.2, 0) is 13.0 Å². The van der Waals surface area contributed by atoms with E-state index in [0.29, 0.717) is 12.2 Å². The summed E-state index contributed by atoms with van der Waals surface area (Å²) in [5.74, 6) is -0.163. The maximum Gasteiger partial charge on any atom is 0.272 e. The number of benzene rings is 1. The Kier molecular flexibility index (Phi) is 4.07. The highest BCUT2D eigenvalue weighted by Crippen LogP contribution is 2.22. The van der Waals surface area contributed by atoms with Gasteiger partial charge in [-0.15, -0.1) is 0 Å². The first-order valence-corrected chi connectivity index (χ1v) is 8.40. The summed E-state index contributed by atoms with van der Waals surface area (Å²) in [6.45, 7) is 3.55. The fourth-order valence-corrected chi connectivity index (χ4v) is 3.23. The number of para-hydroxylation sites is 1. The first kappa shape index (κ1) is 15.6. The van der Waals surface area contributed by atoms with Crippen molar-refractivity contribution < 1.29 is 4.79 Å². The zero-order chi connectivity index (χ0) is 17.2. The molecule has 7 nitrogen and oxygen atoms in total. The second-order valence-corrected chi connectivity index (χ2v) is 6.16. The van der Waals surface area contributed by atoms with Crippen molar-refractivity contribution in [3.8, 4) is 5.69 Å². The number of rotatable bonds is 4. The molecular weight excluding hydrogens is 316 g/mol. The van der Waals surface area contributed by atoms with Crippen LogP contribution in [0.3, 0.4) is 0 Å². The summed E-state index contributed by atoms with van der Waals surface area (Å²) >= 11 is 0. The van der Waals surface area contributed by atoms with Crippen molar-refractivity contribution in [2.45, 2.75) is 25.9 Å². The molecule has 128 valence electrons. The number of carbonyl (C=O) groups excluding carboxylic acids is 1. The van der Waals surface area contributed by atoms with E-state index in [-0.39, 0.29) is 11.9 Å². The molecule has 7 heteroatoms. The van der Waals surface area contributed by atoms with Gasteiger partial charge in [-0.05, 0) is 24.6 Å². The van der Waals surface area contributed by atoms with Gasteiger partial charge in [-0.1, -0.05) is 18.2 Å². The number of fused-ring (bicyclic) bond motifs is 1. The Morgan fingerprint density at radius 1 is 1.32 bits per heavy atom. The Morgan fingerprint density at radius 2 is 2.20 bits per heavy atom. The number of nitrogens with zero attached hydrogens (tertiary/aromatic N) is 3. The maximum atomic E-state index is 12.7. The van der Waals surface area contributed by atoms with Crippen molar-refractivity contribution in [1.82, 2.24) is 30.6 Å². The lowest BCUT2D eigenvalue weighted by Gasteiger charge is -2.18. The average molecular weight is 336 g/mol. The van der Waals surface area contributed by atoms with Gasteiger partial charge < -0.3 is 10.6 Å². The van der Waals surface area contributed by atoms with Crippen molar-refractivity contribution >= 4 is 5.91 Å². The van der Waals surface area contributed by atoms with Crippen LogP contribution in [0.5, 0.6) is 0 Å². The molecule has 0 radical (unpaired) electrons. The van der Waals surface area contributed by atoms with E-state index >= 15 is 0 Å². The van der Waals surface area contributed by atoms with Crippen LogP contribution >= 0.6 is 0 Å². The van der Waals surface area contributed by atoms with Gasteiger partial charge >= 0.3 is 0 Å². The van der Waals surface area contributed by atoms with Gasteiger partial charge in [-0.25, -0.2) is 4.68 Å². The monoisotopic (exact) mass is 336 g/mol. The van der Waals surface area contributed by atoms with Gasteiger partial charge in [-0.2, -0.15) is 10.2 Å². The quantitative estimate of drug-likeness (QED) is 0.677. The van der Waals surface area contributed by atoms with Gasteiger partial charge in [0, 0.05) is 43.2 Å². The third kappa shape index (κ3) is 2.94. The van der Waals surface area contributed by atoms with Crippen LogP contribution in [0.25, 0.3) is 5.69 Å². The molecule has 3 heterocycles. The smallest absolute Gasteiger partial charge is 0.272 e. The van der Waals surface area contributed by atoms with E-state index in [0.717, 1.165) is 35.5 Å². The van der Waals surface area contributed by atoms with E-state index < -0.39 is 0 Å². The van der Waals surface area contributed by atoms with E-state index in [4.69, 9.17) is 0 Å². The first-order chi connectivity index (χ1) is 12.2. The Morgan fingerprint density at radius 3 is 3.04 bits per heavy atom. The van der Waals surface area contributed by atoms with Gasteiger partial charge in [0.25, 0.3) is 5.91 Å². The highest BCUT2D eigenvalue weighted by atomic mass is 16.2. The lowest BCUT2D eigenvalue weighted by Crippen LogP contribution is -2.30. The minimum atomic E-state index is -0.170. The number of hydrogen-bond donors (Lipinski definition) is 3. The second kappa shape index (κ2) is 6.52. The number of hydrogen-bond acceptors (Lipinski definition) is 4. The predicted octanol–water partition coefficient (Wildman–Crippen LogP) is 1.73. The Balaban J connectivity index is 1.58. The molecule has 0 bridgehead atoms. The highest BCUT2D eigenvalue weighted by molar-refractivity contribution is 5.94. The van der Waals surface area contributed by atoms with Crippen molar-refractivity contribution in [3.05, 3.63) is 65.2 Å². The van der Waals surface area contributed by atoms with Gasteiger partial charge in [0.2, 0.25) is 0 Å². The van der Waals surface area contributed by atoms with Crippen LogP contribution in [0.2, 0.25) is 0 Å². The van der Waals surface area contributed by atoms with Crippen molar-refractivity contribution in [3.63, 3.8) is 0 Å². The maximum absolute atomic E-state index is 12.7. The minimum absolute atomic E-state index is 0.163. The zero-order valence-electron chi connectivity index (χ0n) is 14.0. The standard InChI is InChI=1S/C18H20N6O/c1-12(13-5-2-3-6-16(13)24-10-4-8-20-24)21-18(25)17-14-11-19-9-7-15(14)22-23-17/h2-6,8,10,12,19H,7,9,11H2,1H3,(H,21,25)(H,22,23). The van der Waals surface area contributed by atoms with Crippen LogP contribution in [-0.4, -0.2) is 32.4 Å². The second-order valence-electron chi connectivity index (χ2n) is 6.16. The molecule has 1 atom stereocenters. The van der Waals surface area contributed by atoms with Crippen LogP contribution < -0.4 is 10.6 Å². The number of H-pyrrole nitrogens is 1. The fourth-order valence-electron chi connectivity index (χ4n) is 3.23. The van der Waals surface area contributed by atoms with Gasteiger partial charge in [-0.3, -0.25) is 9.89 Å². The first-order valence-electron chi connectivity index (χ1n) is 8.40. The summed E-state index contributed by atoms with van der Waals surface area (Å²) in [6, 6.07) is 9.63. The Bertz CT molecular complexity index is 883. The van der Waals surface area contributed by atoms with Crippen molar-refractivity contribution in [1.29, 1.82) is 0 Å². The van der Waals surface area contributed by atoms with Crippen LogP contribution in [0.1, 0.15) is 40.3 Å². The van der Waals surface area contributed by atoms with Crippen LogP contribution in [0, 0.1) is 0 Å². The average Bonchev–Trinajstić information content (AvgIpc) is 3.31. The summed E-state index contributed by atoms with van der Waals surface area (Å²) in [7, 11) is 0. The largest absolute Gasteiger partial charge is 0.344 e. The molecule has 2 aromatic heterocycles. The lowest BCUT2D eigenvalue weighted by atomic mass is 10.0. The summed E-state index contributed by atoms with van der Waals surface area (Å²) in [6.07, 6.45) is 4.50. The zero-order valence-corrected chi connectivity index (χ0v) is 14.0. The number of amides is 1. The molecule has 25 heavy (non-hydrogen) atoms. The fraction of sp³-hybridized carbons (Fsp3) is 0.278. The van der Waals surface area contributed by atoms with Gasteiger partial charge in [0.1, 0.15) is 0 Å². The molecule has 3 N–H and O–H groups in total. The van der Waals surface area contributed by atoms with E-state index in [1.165, 1.54) is 0 Å². The number of aromatic nitrogens is 4. The molecule has 0 saturated carbocycles. The molecular formula is C18H20N6O. The molecule has 0 saturated heterocycles. The number of nitrogens with one attached hydrogen (secondary N) is 3. The topological polar surface area (TPSA) is 87.6 Å². The summed E-state index contributed by atoms with van der Waals surface area (Å²) in [5, 5.41) is 17.8. The Hall–Kier alpha value is -2.93.